The summed E-state index contributed by atoms with van der Waals surface area (Å²) in [5, 5.41) is 14.5. The lowest BCUT2D eigenvalue weighted by Gasteiger charge is -2.44. The van der Waals surface area contributed by atoms with Crippen LogP contribution in [0.5, 0.6) is 5.88 Å². The Bertz CT molecular complexity index is 599. The van der Waals surface area contributed by atoms with E-state index in [-0.39, 0.29) is 5.88 Å². The predicted molar refractivity (Wildman–Crippen MR) is 77.5 cm³/mol. The van der Waals surface area contributed by atoms with Crippen LogP contribution in [0.25, 0.3) is 11.1 Å². The third-order valence-corrected chi connectivity index (χ3v) is 4.76. The van der Waals surface area contributed by atoms with Crippen LogP contribution in [-0.4, -0.2) is 39.4 Å². The van der Waals surface area contributed by atoms with Crippen molar-refractivity contribution in [2.24, 2.45) is 5.92 Å². The Kier molecular flexibility index (Phi) is 2.77. The molecule has 3 aliphatic rings. The van der Waals surface area contributed by atoms with Gasteiger partial charge in [-0.1, -0.05) is 30.3 Å². The van der Waals surface area contributed by atoms with Crippen molar-refractivity contribution in [3.05, 3.63) is 36.5 Å². The Balaban J connectivity index is 1.67. The number of fused-ring (bicyclic) bond motifs is 3. The van der Waals surface area contributed by atoms with Crippen LogP contribution in [0.15, 0.2) is 36.5 Å². The number of nitrogens with zero attached hydrogens (tertiary/aromatic N) is 3. The van der Waals surface area contributed by atoms with Gasteiger partial charge in [0.25, 0.3) is 0 Å². The third-order valence-electron chi connectivity index (χ3n) is 4.76. The van der Waals surface area contributed by atoms with Crippen molar-refractivity contribution in [3.8, 4) is 17.0 Å². The molecule has 1 aromatic carbocycles. The lowest BCUT2D eigenvalue weighted by Crippen LogP contribution is -2.48. The maximum atomic E-state index is 10.1. The van der Waals surface area contributed by atoms with E-state index in [9.17, 15) is 5.11 Å². The van der Waals surface area contributed by atoms with Gasteiger partial charge in [-0.3, -0.25) is 4.68 Å². The van der Waals surface area contributed by atoms with Crippen LogP contribution in [0, 0.1) is 5.92 Å². The largest absolute Gasteiger partial charge is 0.492 e. The van der Waals surface area contributed by atoms with Crippen LogP contribution in [-0.2, 0) is 0 Å². The molecule has 0 radical (unpaired) electrons. The fraction of sp³-hybridized carbons (Fsp3) is 0.438. The van der Waals surface area contributed by atoms with Gasteiger partial charge in [0.05, 0.1) is 11.6 Å². The number of aromatic hydroxyl groups is 1. The summed E-state index contributed by atoms with van der Waals surface area (Å²) in [6.07, 6.45) is 4.52. The summed E-state index contributed by atoms with van der Waals surface area (Å²) in [7, 11) is 0. The fourth-order valence-corrected chi connectivity index (χ4v) is 3.61. The normalized spacial score (nSPS) is 28.7. The Hall–Kier alpha value is -1.81. The quantitative estimate of drug-likeness (QED) is 0.911. The highest BCUT2D eigenvalue weighted by molar-refractivity contribution is 5.67. The standard InChI is InChI=1S/C16H19N3O/c20-16-14(12-4-2-1-3-5-12)10-19(17-16)15-11-18-8-6-13(15)7-9-18/h1-5,10,13,15H,6-9,11H2,(H,17,20)/t15-/m0/s1. The number of hydrogen-bond acceptors (Lipinski definition) is 3. The lowest BCUT2D eigenvalue weighted by atomic mass is 9.84. The average Bonchev–Trinajstić information content (AvgIpc) is 2.91. The highest BCUT2D eigenvalue weighted by Gasteiger charge is 2.36. The number of hydrogen-bond donors (Lipinski definition) is 1. The summed E-state index contributed by atoms with van der Waals surface area (Å²) >= 11 is 0. The third kappa shape index (κ3) is 1.91. The molecule has 1 N–H and O–H groups in total. The summed E-state index contributed by atoms with van der Waals surface area (Å²) in [5.41, 5.74) is 1.86. The van der Waals surface area contributed by atoms with Crippen molar-refractivity contribution in [1.82, 2.24) is 14.7 Å². The summed E-state index contributed by atoms with van der Waals surface area (Å²) in [6.45, 7) is 3.51. The van der Waals surface area contributed by atoms with Crippen LogP contribution in [0.3, 0.4) is 0 Å². The molecule has 3 fully saturated rings. The van der Waals surface area contributed by atoms with Crippen LogP contribution in [0.2, 0.25) is 0 Å². The maximum Gasteiger partial charge on any atom is 0.238 e. The van der Waals surface area contributed by atoms with Crippen molar-refractivity contribution in [3.63, 3.8) is 0 Å². The molecule has 2 aromatic rings. The van der Waals surface area contributed by atoms with Crippen molar-refractivity contribution in [2.45, 2.75) is 18.9 Å². The number of benzene rings is 1. The molecule has 5 rings (SSSR count). The van der Waals surface area contributed by atoms with Crippen LogP contribution in [0.4, 0.5) is 0 Å². The van der Waals surface area contributed by atoms with E-state index >= 15 is 0 Å². The molecule has 2 bridgehead atoms. The second kappa shape index (κ2) is 4.63. The molecule has 0 unspecified atom stereocenters. The molecule has 104 valence electrons. The zero-order valence-electron chi connectivity index (χ0n) is 11.4. The summed E-state index contributed by atoms with van der Waals surface area (Å²) in [6, 6.07) is 10.4. The molecule has 3 aliphatic heterocycles. The molecule has 4 nitrogen and oxygen atoms in total. The summed E-state index contributed by atoms with van der Waals surface area (Å²) in [4.78, 5) is 2.51. The minimum atomic E-state index is 0.146. The van der Waals surface area contributed by atoms with E-state index in [1.54, 1.807) is 0 Å². The minimum absolute atomic E-state index is 0.146. The van der Waals surface area contributed by atoms with E-state index < -0.39 is 0 Å². The number of piperidine rings is 3. The zero-order chi connectivity index (χ0) is 13.5. The average molecular weight is 269 g/mol. The Morgan fingerprint density at radius 2 is 1.85 bits per heavy atom. The van der Waals surface area contributed by atoms with E-state index in [0.717, 1.165) is 17.7 Å². The first-order valence-corrected chi connectivity index (χ1v) is 7.37. The lowest BCUT2D eigenvalue weighted by molar-refractivity contribution is 0.0508. The van der Waals surface area contributed by atoms with Gasteiger partial charge >= 0.3 is 0 Å². The minimum Gasteiger partial charge on any atom is -0.492 e. The molecular weight excluding hydrogens is 250 g/mol. The molecule has 0 saturated carbocycles. The second-order valence-electron chi connectivity index (χ2n) is 5.92. The fourth-order valence-electron chi connectivity index (χ4n) is 3.61. The Labute approximate surface area is 118 Å². The first kappa shape index (κ1) is 12.0. The van der Waals surface area contributed by atoms with Crippen molar-refractivity contribution < 1.29 is 5.11 Å². The molecule has 4 heteroatoms. The van der Waals surface area contributed by atoms with Crippen LogP contribution >= 0.6 is 0 Å². The molecular formula is C16H19N3O. The molecule has 0 spiro atoms. The summed E-state index contributed by atoms with van der Waals surface area (Å²) in [5.74, 6) is 0.857. The second-order valence-corrected chi connectivity index (χ2v) is 5.92. The smallest absolute Gasteiger partial charge is 0.238 e. The molecule has 0 amide bonds. The predicted octanol–water partition coefficient (Wildman–Crippen LogP) is 2.52. The van der Waals surface area contributed by atoms with Gasteiger partial charge in [0.1, 0.15) is 0 Å². The van der Waals surface area contributed by atoms with Crippen molar-refractivity contribution >= 4 is 0 Å². The molecule has 1 atom stereocenters. The number of aromatic nitrogens is 2. The SMILES string of the molecule is Oc1nn([C@H]2CN3CCC2CC3)cc1-c1ccccc1. The van der Waals surface area contributed by atoms with Crippen LogP contribution in [0.1, 0.15) is 18.9 Å². The number of rotatable bonds is 2. The van der Waals surface area contributed by atoms with Gasteiger partial charge in [-0.25, -0.2) is 0 Å². The van der Waals surface area contributed by atoms with Crippen LogP contribution < -0.4 is 0 Å². The van der Waals surface area contributed by atoms with Gasteiger partial charge in [-0.2, -0.15) is 0 Å². The molecule has 20 heavy (non-hydrogen) atoms. The molecule has 4 heterocycles. The first-order chi connectivity index (χ1) is 9.81. The van der Waals surface area contributed by atoms with E-state index in [4.69, 9.17) is 0 Å². The van der Waals surface area contributed by atoms with Gasteiger partial charge in [0.2, 0.25) is 5.88 Å². The van der Waals surface area contributed by atoms with E-state index in [1.807, 2.05) is 41.2 Å². The molecule has 0 aliphatic carbocycles. The zero-order valence-corrected chi connectivity index (χ0v) is 11.4. The summed E-state index contributed by atoms with van der Waals surface area (Å²) < 4.78 is 1.99. The van der Waals surface area contributed by atoms with E-state index in [2.05, 4.69) is 10.00 Å². The monoisotopic (exact) mass is 269 g/mol. The van der Waals surface area contributed by atoms with Gasteiger partial charge in [0.15, 0.2) is 0 Å². The highest BCUT2D eigenvalue weighted by Crippen LogP contribution is 2.37. The van der Waals surface area contributed by atoms with Gasteiger partial charge in [-0.05, 0) is 37.4 Å². The van der Waals surface area contributed by atoms with Crippen molar-refractivity contribution in [2.75, 3.05) is 19.6 Å². The molecule has 1 aromatic heterocycles. The Morgan fingerprint density at radius 3 is 2.50 bits per heavy atom. The topological polar surface area (TPSA) is 41.3 Å². The maximum absolute atomic E-state index is 10.1. The van der Waals surface area contributed by atoms with Gasteiger partial charge < -0.3 is 10.0 Å². The molecule has 3 saturated heterocycles. The van der Waals surface area contributed by atoms with E-state index in [0.29, 0.717) is 12.0 Å². The van der Waals surface area contributed by atoms with Gasteiger partial charge in [0, 0.05) is 12.7 Å². The van der Waals surface area contributed by atoms with E-state index in [1.165, 1.54) is 25.9 Å². The Morgan fingerprint density at radius 1 is 1.10 bits per heavy atom. The van der Waals surface area contributed by atoms with Crippen molar-refractivity contribution in [1.29, 1.82) is 0 Å². The first-order valence-electron chi connectivity index (χ1n) is 7.37. The highest BCUT2D eigenvalue weighted by atomic mass is 16.3. The van der Waals surface area contributed by atoms with Gasteiger partial charge in [-0.15, -0.1) is 5.10 Å².